The van der Waals surface area contributed by atoms with Gasteiger partial charge in [-0.15, -0.1) is 11.6 Å². The Labute approximate surface area is 123 Å². The predicted molar refractivity (Wildman–Crippen MR) is 80.0 cm³/mol. The maximum absolute atomic E-state index is 6.35. The molecule has 0 spiro atoms. The topological polar surface area (TPSA) is 34.0 Å². The smallest absolute Gasteiger partial charge is 0.128 e. The first kappa shape index (κ1) is 12.6. The van der Waals surface area contributed by atoms with E-state index in [0.29, 0.717) is 6.04 Å². The molecule has 2 aromatic heterocycles. The van der Waals surface area contributed by atoms with Gasteiger partial charge in [-0.05, 0) is 32.3 Å². The fourth-order valence-electron chi connectivity index (χ4n) is 3.38. The monoisotopic (exact) mass is 290 g/mol. The van der Waals surface area contributed by atoms with E-state index in [1.165, 1.54) is 31.3 Å². The Morgan fingerprint density at radius 3 is 2.90 bits per heavy atom. The molecule has 4 rings (SSSR count). The number of fused-ring (bicyclic) bond motifs is 1. The molecular formula is C15H19ClN4. The molecule has 20 heavy (non-hydrogen) atoms. The molecule has 1 saturated carbocycles. The van der Waals surface area contributed by atoms with Crippen LogP contribution in [0.5, 0.6) is 0 Å². The van der Waals surface area contributed by atoms with Crippen LogP contribution in [0.4, 0.5) is 0 Å². The zero-order valence-corrected chi connectivity index (χ0v) is 12.4. The fourth-order valence-corrected chi connectivity index (χ4v) is 3.54. The van der Waals surface area contributed by atoms with Gasteiger partial charge < -0.3 is 4.57 Å². The summed E-state index contributed by atoms with van der Waals surface area (Å²) < 4.78 is 2.36. The summed E-state index contributed by atoms with van der Waals surface area (Å²) >= 11 is 6.35. The number of aromatic nitrogens is 3. The van der Waals surface area contributed by atoms with Crippen LogP contribution in [0.2, 0.25) is 0 Å². The number of halogens is 1. The van der Waals surface area contributed by atoms with E-state index in [4.69, 9.17) is 16.6 Å². The van der Waals surface area contributed by atoms with Gasteiger partial charge in [-0.1, -0.05) is 0 Å². The Kier molecular flexibility index (Phi) is 2.97. The number of alkyl halides is 1. The maximum atomic E-state index is 6.35. The van der Waals surface area contributed by atoms with E-state index < -0.39 is 0 Å². The summed E-state index contributed by atoms with van der Waals surface area (Å²) in [7, 11) is 0. The second-order valence-electron chi connectivity index (χ2n) is 5.99. The van der Waals surface area contributed by atoms with E-state index in [9.17, 15) is 0 Å². The molecule has 0 N–H and O–H groups in total. The lowest BCUT2D eigenvalue weighted by molar-refractivity contribution is 0.313. The number of rotatable bonds is 3. The van der Waals surface area contributed by atoms with Crippen molar-refractivity contribution in [3.05, 3.63) is 24.3 Å². The minimum atomic E-state index is -0.0719. The van der Waals surface area contributed by atoms with Gasteiger partial charge in [0.1, 0.15) is 11.3 Å². The number of hydrogen-bond donors (Lipinski definition) is 0. The number of hydrogen-bond acceptors (Lipinski definition) is 3. The second kappa shape index (κ2) is 4.71. The van der Waals surface area contributed by atoms with Crippen molar-refractivity contribution in [1.82, 2.24) is 19.4 Å². The van der Waals surface area contributed by atoms with Gasteiger partial charge in [0, 0.05) is 31.4 Å². The zero-order valence-electron chi connectivity index (χ0n) is 11.7. The highest BCUT2D eigenvalue weighted by atomic mass is 35.5. The highest BCUT2D eigenvalue weighted by Gasteiger charge is 2.36. The van der Waals surface area contributed by atoms with Crippen LogP contribution in [-0.2, 0) is 0 Å². The van der Waals surface area contributed by atoms with Gasteiger partial charge >= 0.3 is 0 Å². The van der Waals surface area contributed by atoms with E-state index >= 15 is 0 Å². The minimum Gasteiger partial charge on any atom is -0.322 e. The molecule has 0 aromatic carbocycles. The Morgan fingerprint density at radius 2 is 2.15 bits per heavy atom. The molecule has 2 fully saturated rings. The molecule has 3 heterocycles. The summed E-state index contributed by atoms with van der Waals surface area (Å²) in [5.41, 5.74) is 2.13. The first-order chi connectivity index (χ1) is 9.74. The van der Waals surface area contributed by atoms with Crippen LogP contribution < -0.4 is 0 Å². The first-order valence-corrected chi connectivity index (χ1v) is 7.87. The van der Waals surface area contributed by atoms with Gasteiger partial charge in [-0.3, -0.25) is 9.88 Å². The zero-order chi connectivity index (χ0) is 13.7. The number of nitrogens with zero attached hydrogens (tertiary/aromatic N) is 4. The molecule has 106 valence electrons. The second-order valence-corrected chi connectivity index (χ2v) is 6.64. The molecular weight excluding hydrogens is 272 g/mol. The summed E-state index contributed by atoms with van der Waals surface area (Å²) in [5.74, 6) is 0.984. The number of imidazole rings is 1. The third-order valence-electron chi connectivity index (χ3n) is 4.50. The van der Waals surface area contributed by atoms with E-state index in [1.54, 1.807) is 0 Å². The van der Waals surface area contributed by atoms with Gasteiger partial charge in [0.25, 0.3) is 0 Å². The molecule has 0 radical (unpaired) electrons. The molecule has 1 aliphatic carbocycles. The third kappa shape index (κ3) is 2.02. The van der Waals surface area contributed by atoms with Gasteiger partial charge in [0.05, 0.1) is 17.1 Å². The summed E-state index contributed by atoms with van der Waals surface area (Å²) in [5, 5.41) is -0.0719. The largest absolute Gasteiger partial charge is 0.322 e. The molecule has 0 amide bonds. The Balaban J connectivity index is 1.75. The van der Waals surface area contributed by atoms with Gasteiger partial charge in [0.15, 0.2) is 0 Å². The highest BCUT2D eigenvalue weighted by molar-refractivity contribution is 6.20. The van der Waals surface area contributed by atoms with Crippen molar-refractivity contribution in [3.8, 4) is 0 Å². The van der Waals surface area contributed by atoms with Gasteiger partial charge in [0.2, 0.25) is 0 Å². The predicted octanol–water partition coefficient (Wildman–Crippen LogP) is 3.14. The molecule has 0 bridgehead atoms. The molecule has 1 aliphatic heterocycles. The summed E-state index contributed by atoms with van der Waals surface area (Å²) in [6.45, 7) is 4.34. The van der Waals surface area contributed by atoms with Crippen molar-refractivity contribution in [3.63, 3.8) is 0 Å². The van der Waals surface area contributed by atoms with E-state index in [1.807, 2.05) is 19.3 Å². The lowest BCUT2D eigenvalue weighted by Gasteiger charge is -2.19. The van der Waals surface area contributed by atoms with Crippen molar-refractivity contribution in [2.45, 2.75) is 43.6 Å². The molecule has 1 saturated heterocycles. The van der Waals surface area contributed by atoms with Crippen LogP contribution in [0.1, 0.15) is 43.4 Å². The van der Waals surface area contributed by atoms with Crippen LogP contribution >= 0.6 is 11.6 Å². The van der Waals surface area contributed by atoms with Crippen LogP contribution in [0.15, 0.2) is 18.5 Å². The molecule has 2 unspecified atom stereocenters. The van der Waals surface area contributed by atoms with Crippen LogP contribution in [0.25, 0.3) is 11.0 Å². The number of likely N-dealkylation sites (tertiary alicyclic amines) is 1. The summed E-state index contributed by atoms with van der Waals surface area (Å²) in [4.78, 5) is 11.5. The van der Waals surface area contributed by atoms with Crippen LogP contribution in [0, 0.1) is 0 Å². The number of pyridine rings is 1. The summed E-state index contributed by atoms with van der Waals surface area (Å²) in [6.07, 6.45) is 7.63. The average molecular weight is 291 g/mol. The third-order valence-corrected chi connectivity index (χ3v) is 4.69. The quantitative estimate of drug-likeness (QED) is 0.815. The first-order valence-electron chi connectivity index (χ1n) is 7.44. The van der Waals surface area contributed by atoms with Crippen molar-refractivity contribution in [2.24, 2.45) is 0 Å². The molecule has 4 nitrogen and oxygen atoms in total. The van der Waals surface area contributed by atoms with Gasteiger partial charge in [-0.25, -0.2) is 4.98 Å². The van der Waals surface area contributed by atoms with E-state index in [2.05, 4.69) is 20.5 Å². The molecule has 2 aromatic rings. The van der Waals surface area contributed by atoms with E-state index in [-0.39, 0.29) is 5.38 Å². The van der Waals surface area contributed by atoms with E-state index in [0.717, 1.165) is 23.9 Å². The maximum Gasteiger partial charge on any atom is 0.128 e. The van der Waals surface area contributed by atoms with Crippen molar-refractivity contribution < 1.29 is 0 Å². The lowest BCUT2D eigenvalue weighted by atomic mass is 10.2. The standard InChI is InChI=1S/C15H19ClN4/c1-10(16)15-18-13-8-17-6-4-14(13)20(15)12-5-7-19(9-12)11-2-3-11/h4,6,8,10-12H,2-3,5,7,9H2,1H3. The summed E-state index contributed by atoms with van der Waals surface area (Å²) in [6, 6.07) is 3.40. The highest BCUT2D eigenvalue weighted by Crippen LogP contribution is 2.36. The normalized spacial score (nSPS) is 25.4. The average Bonchev–Trinajstić information content (AvgIpc) is 3.05. The van der Waals surface area contributed by atoms with Crippen molar-refractivity contribution in [2.75, 3.05) is 13.1 Å². The fraction of sp³-hybridized carbons (Fsp3) is 0.600. The SMILES string of the molecule is CC(Cl)c1nc2cnccc2n1C1CCN(C2CC2)C1. The Bertz CT molecular complexity index is 632. The van der Waals surface area contributed by atoms with Crippen molar-refractivity contribution in [1.29, 1.82) is 0 Å². The minimum absolute atomic E-state index is 0.0719. The van der Waals surface area contributed by atoms with Gasteiger partial charge in [-0.2, -0.15) is 0 Å². The van der Waals surface area contributed by atoms with Crippen molar-refractivity contribution >= 4 is 22.6 Å². The molecule has 5 heteroatoms. The van der Waals surface area contributed by atoms with Crippen LogP contribution in [-0.4, -0.2) is 38.6 Å². The molecule has 2 atom stereocenters. The lowest BCUT2D eigenvalue weighted by Crippen LogP contribution is -2.24. The molecule has 2 aliphatic rings. The Morgan fingerprint density at radius 1 is 1.30 bits per heavy atom. The van der Waals surface area contributed by atoms with Crippen LogP contribution in [0.3, 0.4) is 0 Å². The Hall–Kier alpha value is -1.13.